The lowest BCUT2D eigenvalue weighted by Gasteiger charge is -2.18. The van der Waals surface area contributed by atoms with E-state index in [-0.39, 0.29) is 5.91 Å². The summed E-state index contributed by atoms with van der Waals surface area (Å²) in [6.07, 6.45) is 0. The molecule has 1 amide bonds. The van der Waals surface area contributed by atoms with Crippen LogP contribution in [0.25, 0.3) is 0 Å². The summed E-state index contributed by atoms with van der Waals surface area (Å²) >= 11 is 3.48. The third kappa shape index (κ3) is 4.48. The van der Waals surface area contributed by atoms with Crippen molar-refractivity contribution >= 4 is 21.8 Å². The summed E-state index contributed by atoms with van der Waals surface area (Å²) < 4.78 is 1.07. The molecule has 0 fully saturated rings. The number of rotatable bonds is 6. The van der Waals surface area contributed by atoms with E-state index < -0.39 is 0 Å². The molecule has 1 N–H and O–H groups in total. The molecular formula is C13H19BrN2O. The van der Waals surface area contributed by atoms with Crippen LogP contribution in [0.1, 0.15) is 19.4 Å². The highest BCUT2D eigenvalue weighted by Gasteiger charge is 2.08. The van der Waals surface area contributed by atoms with Gasteiger partial charge in [0.05, 0.1) is 6.54 Å². The average Bonchev–Trinajstić information content (AvgIpc) is 2.33. The standard InChI is InChI=1S/C13H19BrN2O/c1-3-16(4-2)13(17)10-15-9-11-7-5-6-8-12(11)14/h5-8,15H,3-4,9-10H2,1-2H3. The van der Waals surface area contributed by atoms with E-state index >= 15 is 0 Å². The zero-order valence-electron chi connectivity index (χ0n) is 10.4. The van der Waals surface area contributed by atoms with E-state index in [4.69, 9.17) is 0 Å². The lowest BCUT2D eigenvalue weighted by atomic mass is 10.2. The number of halogens is 1. The highest BCUT2D eigenvalue weighted by Crippen LogP contribution is 2.15. The molecule has 1 aromatic carbocycles. The second-order valence-electron chi connectivity index (χ2n) is 3.76. The fraction of sp³-hybridized carbons (Fsp3) is 0.462. The predicted octanol–water partition coefficient (Wildman–Crippen LogP) is 2.41. The van der Waals surface area contributed by atoms with Crippen molar-refractivity contribution in [3.63, 3.8) is 0 Å². The van der Waals surface area contributed by atoms with Gasteiger partial charge in [0, 0.05) is 24.1 Å². The zero-order valence-corrected chi connectivity index (χ0v) is 12.0. The topological polar surface area (TPSA) is 32.3 Å². The fourth-order valence-electron chi connectivity index (χ4n) is 1.63. The third-order valence-corrected chi connectivity index (χ3v) is 3.44. The Balaban J connectivity index is 2.38. The normalized spacial score (nSPS) is 10.3. The molecule has 0 aliphatic rings. The molecule has 3 nitrogen and oxygen atoms in total. The van der Waals surface area contributed by atoms with Gasteiger partial charge in [-0.1, -0.05) is 34.1 Å². The number of nitrogens with zero attached hydrogens (tertiary/aromatic N) is 1. The Bertz CT molecular complexity index is 364. The first-order valence-electron chi connectivity index (χ1n) is 5.90. The smallest absolute Gasteiger partial charge is 0.236 e. The molecule has 0 saturated heterocycles. The number of benzene rings is 1. The van der Waals surface area contributed by atoms with Crippen molar-refractivity contribution in [1.29, 1.82) is 0 Å². The van der Waals surface area contributed by atoms with Gasteiger partial charge in [0.25, 0.3) is 0 Å². The van der Waals surface area contributed by atoms with Crippen molar-refractivity contribution in [2.45, 2.75) is 20.4 Å². The van der Waals surface area contributed by atoms with Crippen LogP contribution in [0.4, 0.5) is 0 Å². The average molecular weight is 299 g/mol. The van der Waals surface area contributed by atoms with Crippen LogP contribution in [0.2, 0.25) is 0 Å². The Kier molecular flexibility index (Phi) is 6.22. The Morgan fingerprint density at radius 2 is 1.94 bits per heavy atom. The number of carbonyl (C=O) groups excluding carboxylic acids is 1. The minimum atomic E-state index is 0.155. The van der Waals surface area contributed by atoms with Gasteiger partial charge in [-0.05, 0) is 25.5 Å². The molecule has 0 aliphatic carbocycles. The van der Waals surface area contributed by atoms with Crippen LogP contribution in [-0.4, -0.2) is 30.4 Å². The maximum atomic E-state index is 11.7. The van der Waals surface area contributed by atoms with Gasteiger partial charge in [-0.25, -0.2) is 0 Å². The van der Waals surface area contributed by atoms with Crippen molar-refractivity contribution in [1.82, 2.24) is 10.2 Å². The van der Waals surface area contributed by atoms with E-state index in [0.29, 0.717) is 13.1 Å². The molecule has 17 heavy (non-hydrogen) atoms. The third-order valence-electron chi connectivity index (χ3n) is 2.67. The van der Waals surface area contributed by atoms with E-state index in [2.05, 4.69) is 21.2 Å². The summed E-state index contributed by atoms with van der Waals surface area (Å²) in [6.45, 7) is 6.62. The summed E-state index contributed by atoms with van der Waals surface area (Å²) in [5.74, 6) is 0.155. The maximum Gasteiger partial charge on any atom is 0.236 e. The molecule has 0 saturated carbocycles. The number of hydrogen-bond donors (Lipinski definition) is 1. The Morgan fingerprint density at radius 3 is 2.53 bits per heavy atom. The largest absolute Gasteiger partial charge is 0.342 e. The molecule has 1 rings (SSSR count). The number of amides is 1. The number of hydrogen-bond acceptors (Lipinski definition) is 2. The molecular weight excluding hydrogens is 280 g/mol. The van der Waals surface area contributed by atoms with E-state index in [9.17, 15) is 4.79 Å². The number of nitrogens with one attached hydrogen (secondary N) is 1. The molecule has 0 heterocycles. The van der Waals surface area contributed by atoms with Crippen LogP contribution in [0.15, 0.2) is 28.7 Å². The lowest BCUT2D eigenvalue weighted by molar-refractivity contribution is -0.129. The van der Waals surface area contributed by atoms with E-state index in [1.165, 1.54) is 5.56 Å². The fourth-order valence-corrected chi connectivity index (χ4v) is 2.06. The summed E-state index contributed by atoms with van der Waals surface area (Å²) in [5.41, 5.74) is 1.17. The maximum absolute atomic E-state index is 11.7. The second-order valence-corrected chi connectivity index (χ2v) is 4.62. The molecule has 0 bridgehead atoms. The van der Waals surface area contributed by atoms with Gasteiger partial charge in [0.15, 0.2) is 0 Å². The summed E-state index contributed by atoms with van der Waals surface area (Å²) in [5, 5.41) is 3.17. The Labute approximate surface area is 111 Å². The molecule has 0 unspecified atom stereocenters. The Morgan fingerprint density at radius 1 is 1.29 bits per heavy atom. The van der Waals surface area contributed by atoms with Crippen molar-refractivity contribution in [2.75, 3.05) is 19.6 Å². The highest BCUT2D eigenvalue weighted by molar-refractivity contribution is 9.10. The first-order chi connectivity index (χ1) is 8.19. The van der Waals surface area contributed by atoms with Crippen LogP contribution in [-0.2, 0) is 11.3 Å². The Hall–Kier alpha value is -0.870. The van der Waals surface area contributed by atoms with Gasteiger partial charge in [0.1, 0.15) is 0 Å². The number of likely N-dealkylation sites (N-methyl/N-ethyl adjacent to an activating group) is 1. The van der Waals surface area contributed by atoms with E-state index in [0.717, 1.165) is 17.6 Å². The molecule has 0 aromatic heterocycles. The molecule has 0 spiro atoms. The summed E-state index contributed by atoms with van der Waals surface area (Å²) in [7, 11) is 0. The van der Waals surface area contributed by atoms with Gasteiger partial charge < -0.3 is 10.2 Å². The molecule has 0 radical (unpaired) electrons. The molecule has 1 aromatic rings. The highest BCUT2D eigenvalue weighted by atomic mass is 79.9. The number of carbonyl (C=O) groups is 1. The predicted molar refractivity (Wildman–Crippen MR) is 73.8 cm³/mol. The second kappa shape index (κ2) is 7.45. The van der Waals surface area contributed by atoms with Crippen LogP contribution >= 0.6 is 15.9 Å². The van der Waals surface area contributed by atoms with Gasteiger partial charge >= 0.3 is 0 Å². The van der Waals surface area contributed by atoms with Crippen molar-refractivity contribution < 1.29 is 4.79 Å². The lowest BCUT2D eigenvalue weighted by Crippen LogP contribution is -2.37. The van der Waals surface area contributed by atoms with Crippen molar-refractivity contribution in [3.05, 3.63) is 34.3 Å². The van der Waals surface area contributed by atoms with Crippen LogP contribution in [0.3, 0.4) is 0 Å². The van der Waals surface area contributed by atoms with Gasteiger partial charge in [-0.2, -0.15) is 0 Å². The zero-order chi connectivity index (χ0) is 12.7. The SMILES string of the molecule is CCN(CC)C(=O)CNCc1ccccc1Br. The van der Waals surface area contributed by atoms with Crippen LogP contribution < -0.4 is 5.32 Å². The van der Waals surface area contributed by atoms with Crippen molar-refractivity contribution in [2.24, 2.45) is 0 Å². The first-order valence-corrected chi connectivity index (χ1v) is 6.70. The van der Waals surface area contributed by atoms with E-state index in [1.54, 1.807) is 0 Å². The van der Waals surface area contributed by atoms with E-state index in [1.807, 2.05) is 43.0 Å². The van der Waals surface area contributed by atoms with Gasteiger partial charge in [-0.15, -0.1) is 0 Å². The van der Waals surface area contributed by atoms with Crippen molar-refractivity contribution in [3.8, 4) is 0 Å². The summed E-state index contributed by atoms with van der Waals surface area (Å²) in [4.78, 5) is 13.6. The molecule has 0 atom stereocenters. The molecule has 0 aliphatic heterocycles. The quantitative estimate of drug-likeness (QED) is 0.875. The van der Waals surface area contributed by atoms with Gasteiger partial charge in [-0.3, -0.25) is 4.79 Å². The summed E-state index contributed by atoms with van der Waals surface area (Å²) in [6, 6.07) is 8.02. The monoisotopic (exact) mass is 298 g/mol. The van der Waals surface area contributed by atoms with Gasteiger partial charge in [0.2, 0.25) is 5.91 Å². The molecule has 94 valence electrons. The minimum absolute atomic E-state index is 0.155. The van der Waals surface area contributed by atoms with Crippen LogP contribution in [0.5, 0.6) is 0 Å². The first kappa shape index (κ1) is 14.2. The molecule has 4 heteroatoms. The van der Waals surface area contributed by atoms with Crippen LogP contribution in [0, 0.1) is 0 Å². The minimum Gasteiger partial charge on any atom is -0.342 e.